The Morgan fingerprint density at radius 2 is 1.25 bits per heavy atom. The van der Waals surface area contributed by atoms with Crippen molar-refractivity contribution in [1.82, 2.24) is 4.90 Å². The highest BCUT2D eigenvalue weighted by atomic mass is 16.2. The van der Waals surface area contributed by atoms with E-state index in [9.17, 15) is 4.79 Å². The highest BCUT2D eigenvalue weighted by Gasteiger charge is 2.10. The van der Waals surface area contributed by atoms with Gasteiger partial charge in [0.2, 0.25) is 5.91 Å². The number of nitrogens with two attached hydrogens (primary N) is 2. The van der Waals surface area contributed by atoms with E-state index in [4.69, 9.17) is 11.5 Å². The van der Waals surface area contributed by atoms with Gasteiger partial charge in [-0.15, -0.1) is 0 Å². The molecular formula is C16H35N3O. The van der Waals surface area contributed by atoms with Crippen LogP contribution in [0.3, 0.4) is 0 Å². The Balaban J connectivity index is 3.45. The molecule has 0 saturated carbocycles. The minimum atomic E-state index is 0.212. The number of unbranched alkanes of at least 4 members (excludes halogenated alkanes) is 8. The van der Waals surface area contributed by atoms with Crippen LogP contribution in [0.25, 0.3) is 0 Å². The van der Waals surface area contributed by atoms with Gasteiger partial charge in [0.15, 0.2) is 0 Å². The number of nitrogens with zero attached hydrogens (tertiary/aromatic N) is 1. The Bertz CT molecular complexity index is 216. The van der Waals surface area contributed by atoms with Crippen molar-refractivity contribution in [2.45, 2.75) is 71.1 Å². The van der Waals surface area contributed by atoms with Gasteiger partial charge in [-0.2, -0.15) is 0 Å². The fourth-order valence-corrected chi connectivity index (χ4v) is 2.42. The van der Waals surface area contributed by atoms with Crippen LogP contribution in [0, 0.1) is 0 Å². The molecule has 4 heteroatoms. The number of hydrogen-bond acceptors (Lipinski definition) is 3. The number of amides is 1. The monoisotopic (exact) mass is 285 g/mol. The largest absolute Gasteiger partial charge is 0.340 e. The number of carbonyl (C=O) groups excluding carboxylic acids is 1. The minimum absolute atomic E-state index is 0.212. The van der Waals surface area contributed by atoms with Gasteiger partial charge < -0.3 is 16.4 Å². The molecule has 0 radical (unpaired) electrons. The first-order valence-corrected chi connectivity index (χ1v) is 8.44. The summed E-state index contributed by atoms with van der Waals surface area (Å²) in [6.45, 7) is 4.55. The Hall–Kier alpha value is -0.610. The summed E-state index contributed by atoms with van der Waals surface area (Å²) in [5.41, 5.74) is 11.0. The van der Waals surface area contributed by atoms with Crippen molar-refractivity contribution in [1.29, 1.82) is 0 Å². The van der Waals surface area contributed by atoms with Gasteiger partial charge in [-0.3, -0.25) is 4.79 Å². The van der Waals surface area contributed by atoms with Gasteiger partial charge in [-0.25, -0.2) is 0 Å². The summed E-state index contributed by atoms with van der Waals surface area (Å²) < 4.78 is 0. The van der Waals surface area contributed by atoms with E-state index in [2.05, 4.69) is 6.92 Å². The third-order valence-corrected chi connectivity index (χ3v) is 3.64. The summed E-state index contributed by atoms with van der Waals surface area (Å²) in [4.78, 5) is 13.7. The fourth-order valence-electron chi connectivity index (χ4n) is 2.42. The lowest BCUT2D eigenvalue weighted by atomic mass is 10.1. The minimum Gasteiger partial charge on any atom is -0.340 e. The topological polar surface area (TPSA) is 72.3 Å². The molecule has 0 spiro atoms. The van der Waals surface area contributed by atoms with Crippen LogP contribution in [0.1, 0.15) is 71.1 Å². The van der Waals surface area contributed by atoms with Crippen molar-refractivity contribution < 1.29 is 4.79 Å². The predicted octanol–water partition coefficient (Wildman–Crippen LogP) is 2.65. The van der Waals surface area contributed by atoms with E-state index in [-0.39, 0.29) is 5.91 Å². The summed E-state index contributed by atoms with van der Waals surface area (Å²) in [5, 5.41) is 0. The lowest BCUT2D eigenvalue weighted by Crippen LogP contribution is -2.38. The van der Waals surface area contributed by atoms with Crippen LogP contribution in [0.4, 0.5) is 0 Å². The molecule has 0 aromatic carbocycles. The number of rotatable bonds is 14. The molecule has 0 aromatic heterocycles. The average Bonchev–Trinajstić information content (AvgIpc) is 2.45. The highest BCUT2D eigenvalue weighted by molar-refractivity contribution is 5.76. The van der Waals surface area contributed by atoms with E-state index in [0.717, 1.165) is 6.42 Å². The first-order chi connectivity index (χ1) is 9.76. The molecule has 0 heterocycles. The van der Waals surface area contributed by atoms with Gasteiger partial charge >= 0.3 is 0 Å². The molecule has 0 aliphatic rings. The van der Waals surface area contributed by atoms with Crippen LogP contribution in [-0.4, -0.2) is 37.0 Å². The molecular weight excluding hydrogens is 250 g/mol. The van der Waals surface area contributed by atoms with Crippen molar-refractivity contribution in [2.24, 2.45) is 11.5 Å². The van der Waals surface area contributed by atoms with E-state index in [1.165, 1.54) is 51.4 Å². The second-order valence-electron chi connectivity index (χ2n) is 5.54. The first-order valence-electron chi connectivity index (χ1n) is 8.44. The summed E-state index contributed by atoms with van der Waals surface area (Å²) >= 11 is 0. The number of carbonyl (C=O) groups is 1. The molecule has 20 heavy (non-hydrogen) atoms. The lowest BCUT2D eigenvalue weighted by Gasteiger charge is -2.21. The Kier molecular flexibility index (Phi) is 14.3. The van der Waals surface area contributed by atoms with Gasteiger partial charge in [-0.05, 0) is 6.42 Å². The molecule has 0 atom stereocenters. The molecule has 0 bridgehead atoms. The molecule has 0 saturated heterocycles. The fraction of sp³-hybridized carbons (Fsp3) is 0.938. The van der Waals surface area contributed by atoms with E-state index in [1.807, 2.05) is 0 Å². The average molecular weight is 285 g/mol. The molecule has 120 valence electrons. The quantitative estimate of drug-likeness (QED) is 0.482. The normalized spacial score (nSPS) is 10.8. The van der Waals surface area contributed by atoms with Crippen molar-refractivity contribution in [2.75, 3.05) is 26.2 Å². The maximum absolute atomic E-state index is 11.9. The van der Waals surface area contributed by atoms with E-state index >= 15 is 0 Å². The van der Waals surface area contributed by atoms with Crippen LogP contribution >= 0.6 is 0 Å². The second-order valence-corrected chi connectivity index (χ2v) is 5.54. The molecule has 4 nitrogen and oxygen atoms in total. The molecule has 0 fully saturated rings. The summed E-state index contributed by atoms with van der Waals surface area (Å²) in [6.07, 6.45) is 12.2. The molecule has 0 unspecified atom stereocenters. The third-order valence-electron chi connectivity index (χ3n) is 3.64. The van der Waals surface area contributed by atoms with Crippen molar-refractivity contribution in [3.05, 3.63) is 0 Å². The smallest absolute Gasteiger partial charge is 0.222 e. The summed E-state index contributed by atoms with van der Waals surface area (Å²) in [7, 11) is 0. The third kappa shape index (κ3) is 11.2. The number of hydrogen-bond donors (Lipinski definition) is 2. The summed E-state index contributed by atoms with van der Waals surface area (Å²) in [6, 6.07) is 0. The van der Waals surface area contributed by atoms with E-state index in [0.29, 0.717) is 32.6 Å². The second kappa shape index (κ2) is 14.8. The maximum Gasteiger partial charge on any atom is 0.222 e. The van der Waals surface area contributed by atoms with Gasteiger partial charge in [0.05, 0.1) is 0 Å². The predicted molar refractivity (Wildman–Crippen MR) is 86.5 cm³/mol. The van der Waals surface area contributed by atoms with Crippen LogP contribution in [-0.2, 0) is 4.79 Å². The Morgan fingerprint density at radius 3 is 1.70 bits per heavy atom. The zero-order valence-corrected chi connectivity index (χ0v) is 13.4. The van der Waals surface area contributed by atoms with Crippen LogP contribution in [0.5, 0.6) is 0 Å². The van der Waals surface area contributed by atoms with Gasteiger partial charge in [0.1, 0.15) is 0 Å². The van der Waals surface area contributed by atoms with Crippen LogP contribution in [0.2, 0.25) is 0 Å². The van der Waals surface area contributed by atoms with Gasteiger partial charge in [-0.1, -0.05) is 58.3 Å². The molecule has 0 aliphatic heterocycles. The van der Waals surface area contributed by atoms with E-state index in [1.54, 1.807) is 4.90 Å². The SMILES string of the molecule is CCCCCCCCCCCC(=O)N(CCN)CCN. The zero-order chi connectivity index (χ0) is 15.1. The molecule has 0 aliphatic carbocycles. The molecule has 1 amide bonds. The molecule has 4 N–H and O–H groups in total. The Labute approximate surface area is 125 Å². The van der Waals surface area contributed by atoms with Crippen molar-refractivity contribution in [3.8, 4) is 0 Å². The first kappa shape index (κ1) is 19.4. The van der Waals surface area contributed by atoms with Crippen molar-refractivity contribution >= 4 is 5.91 Å². The standard InChI is InChI=1S/C16H35N3O/c1-2-3-4-5-6-7-8-9-10-11-16(20)19(14-12-17)15-13-18/h2-15,17-18H2,1H3. The molecule has 0 rings (SSSR count). The highest BCUT2D eigenvalue weighted by Crippen LogP contribution is 2.11. The summed E-state index contributed by atoms with van der Waals surface area (Å²) in [5.74, 6) is 0.212. The lowest BCUT2D eigenvalue weighted by molar-refractivity contribution is -0.131. The van der Waals surface area contributed by atoms with Crippen LogP contribution < -0.4 is 11.5 Å². The molecule has 0 aromatic rings. The maximum atomic E-state index is 11.9. The van der Waals surface area contributed by atoms with Crippen molar-refractivity contribution in [3.63, 3.8) is 0 Å². The van der Waals surface area contributed by atoms with Crippen LogP contribution in [0.15, 0.2) is 0 Å². The Morgan fingerprint density at radius 1 is 0.800 bits per heavy atom. The van der Waals surface area contributed by atoms with Gasteiger partial charge in [0.25, 0.3) is 0 Å². The zero-order valence-electron chi connectivity index (χ0n) is 13.4. The van der Waals surface area contributed by atoms with Gasteiger partial charge in [0, 0.05) is 32.6 Å². The van der Waals surface area contributed by atoms with E-state index < -0.39 is 0 Å².